The van der Waals surface area contributed by atoms with Gasteiger partial charge in [-0.15, -0.1) is 0 Å². The van der Waals surface area contributed by atoms with Crippen LogP contribution in [0.2, 0.25) is 0 Å². The highest BCUT2D eigenvalue weighted by Gasteiger charge is 2.43. The molecule has 1 fully saturated rings. The van der Waals surface area contributed by atoms with Gasteiger partial charge in [0, 0.05) is 6.42 Å². The van der Waals surface area contributed by atoms with Gasteiger partial charge in [-0.25, -0.2) is 0 Å². The Hall–Kier alpha value is -0.580. The second-order valence-corrected chi connectivity index (χ2v) is 5.18. The SMILES string of the molecule is CCCCC1=C[C@@H](O)[C@@H]2OC(C)(C)OC[C@H]2O1. The number of ether oxygens (including phenoxy) is 3. The summed E-state index contributed by atoms with van der Waals surface area (Å²) in [5.41, 5.74) is 0. The van der Waals surface area contributed by atoms with Crippen LogP contribution in [0.1, 0.15) is 40.0 Å². The van der Waals surface area contributed by atoms with Crippen molar-refractivity contribution in [3.05, 3.63) is 11.8 Å². The van der Waals surface area contributed by atoms with E-state index in [0.717, 1.165) is 25.0 Å². The number of hydrogen-bond acceptors (Lipinski definition) is 4. The van der Waals surface area contributed by atoms with Crippen molar-refractivity contribution in [2.45, 2.75) is 64.1 Å². The van der Waals surface area contributed by atoms with Gasteiger partial charge >= 0.3 is 0 Å². The Bertz CT molecular complexity index is 298. The van der Waals surface area contributed by atoms with Gasteiger partial charge in [-0.2, -0.15) is 0 Å². The molecule has 0 aromatic carbocycles. The first-order valence-electron chi connectivity index (χ1n) is 6.39. The molecule has 0 spiro atoms. The molecule has 0 aliphatic carbocycles. The van der Waals surface area contributed by atoms with E-state index in [1.54, 1.807) is 6.08 Å². The number of rotatable bonds is 3. The highest BCUT2D eigenvalue weighted by molar-refractivity contribution is 5.08. The Balaban J connectivity index is 2.02. The second kappa shape index (κ2) is 4.96. The lowest BCUT2D eigenvalue weighted by Gasteiger charge is -2.44. The quantitative estimate of drug-likeness (QED) is 0.822. The molecule has 0 aromatic rings. The third-order valence-electron chi connectivity index (χ3n) is 3.15. The number of aliphatic hydroxyl groups is 1. The van der Waals surface area contributed by atoms with Gasteiger partial charge in [0.25, 0.3) is 0 Å². The molecular weight excluding hydrogens is 220 g/mol. The van der Waals surface area contributed by atoms with Crippen LogP contribution in [-0.4, -0.2) is 35.8 Å². The minimum Gasteiger partial charge on any atom is -0.490 e. The third kappa shape index (κ3) is 3.00. The van der Waals surface area contributed by atoms with Gasteiger partial charge in [0.05, 0.1) is 12.4 Å². The van der Waals surface area contributed by atoms with Crippen molar-refractivity contribution >= 4 is 0 Å². The van der Waals surface area contributed by atoms with Crippen molar-refractivity contribution in [1.29, 1.82) is 0 Å². The van der Waals surface area contributed by atoms with Crippen LogP contribution in [0.15, 0.2) is 11.8 Å². The second-order valence-electron chi connectivity index (χ2n) is 5.18. The first-order valence-corrected chi connectivity index (χ1v) is 6.39. The van der Waals surface area contributed by atoms with Crippen molar-refractivity contribution in [2.24, 2.45) is 0 Å². The molecule has 2 aliphatic heterocycles. The predicted octanol–water partition coefficient (Wildman–Crippen LogP) is 1.97. The molecule has 0 unspecified atom stereocenters. The largest absolute Gasteiger partial charge is 0.490 e. The molecule has 3 atom stereocenters. The van der Waals surface area contributed by atoms with E-state index >= 15 is 0 Å². The van der Waals surface area contributed by atoms with Crippen LogP contribution in [0.5, 0.6) is 0 Å². The van der Waals surface area contributed by atoms with Crippen LogP contribution >= 0.6 is 0 Å². The average molecular weight is 242 g/mol. The summed E-state index contributed by atoms with van der Waals surface area (Å²) in [6, 6.07) is 0. The number of hydrogen-bond donors (Lipinski definition) is 1. The molecule has 4 heteroatoms. The van der Waals surface area contributed by atoms with Gasteiger partial charge in [0.2, 0.25) is 0 Å². The van der Waals surface area contributed by atoms with E-state index in [2.05, 4.69) is 6.92 Å². The lowest BCUT2D eigenvalue weighted by Crippen LogP contribution is -2.55. The Labute approximate surface area is 103 Å². The number of fused-ring (bicyclic) bond motifs is 1. The average Bonchev–Trinajstić information content (AvgIpc) is 2.27. The first kappa shape index (κ1) is 12.9. The van der Waals surface area contributed by atoms with E-state index in [1.165, 1.54) is 0 Å². The fourth-order valence-electron chi connectivity index (χ4n) is 2.22. The Morgan fingerprint density at radius 3 is 2.94 bits per heavy atom. The van der Waals surface area contributed by atoms with E-state index in [9.17, 15) is 5.11 Å². The molecular formula is C13H22O4. The summed E-state index contributed by atoms with van der Waals surface area (Å²) in [6.45, 7) is 6.31. The molecule has 2 heterocycles. The summed E-state index contributed by atoms with van der Waals surface area (Å²) >= 11 is 0. The summed E-state index contributed by atoms with van der Waals surface area (Å²) in [5, 5.41) is 10.1. The standard InChI is InChI=1S/C13H22O4/c1-4-5-6-9-7-10(14)12-11(16-9)8-15-13(2,3)17-12/h7,10-12,14H,4-6,8H2,1-3H3/t10-,11-,12+/m1/s1. The van der Waals surface area contributed by atoms with Gasteiger partial charge in [-0.05, 0) is 26.3 Å². The highest BCUT2D eigenvalue weighted by atomic mass is 16.7. The van der Waals surface area contributed by atoms with Crippen LogP contribution < -0.4 is 0 Å². The van der Waals surface area contributed by atoms with E-state index < -0.39 is 11.9 Å². The molecule has 0 aromatic heterocycles. The summed E-state index contributed by atoms with van der Waals surface area (Å²) in [4.78, 5) is 0. The molecule has 4 nitrogen and oxygen atoms in total. The minimum absolute atomic E-state index is 0.185. The lowest BCUT2D eigenvalue weighted by molar-refractivity contribution is -0.321. The first-order chi connectivity index (χ1) is 8.02. The van der Waals surface area contributed by atoms with Crippen LogP contribution in [-0.2, 0) is 14.2 Å². The maximum Gasteiger partial charge on any atom is 0.163 e. The van der Waals surface area contributed by atoms with Crippen molar-refractivity contribution in [2.75, 3.05) is 6.61 Å². The van der Waals surface area contributed by atoms with Crippen LogP contribution in [0.3, 0.4) is 0 Å². The van der Waals surface area contributed by atoms with Gasteiger partial charge in [0.15, 0.2) is 11.9 Å². The highest BCUT2D eigenvalue weighted by Crippen LogP contribution is 2.32. The Kier molecular flexibility index (Phi) is 3.76. The van der Waals surface area contributed by atoms with Crippen molar-refractivity contribution < 1.29 is 19.3 Å². The van der Waals surface area contributed by atoms with Crippen LogP contribution in [0.25, 0.3) is 0 Å². The molecule has 2 rings (SSSR count). The maximum absolute atomic E-state index is 10.1. The molecule has 0 bridgehead atoms. The number of aliphatic hydroxyl groups excluding tert-OH is 1. The Morgan fingerprint density at radius 2 is 2.24 bits per heavy atom. The summed E-state index contributed by atoms with van der Waals surface area (Å²) in [6.07, 6.45) is 3.75. The lowest BCUT2D eigenvalue weighted by atomic mass is 10.0. The molecule has 2 aliphatic rings. The maximum atomic E-state index is 10.1. The van der Waals surface area contributed by atoms with Crippen molar-refractivity contribution in [3.63, 3.8) is 0 Å². The van der Waals surface area contributed by atoms with Gasteiger partial charge < -0.3 is 19.3 Å². The van der Waals surface area contributed by atoms with Gasteiger partial charge in [-0.1, -0.05) is 13.3 Å². The molecule has 98 valence electrons. The predicted molar refractivity (Wildman–Crippen MR) is 63.4 cm³/mol. The summed E-state index contributed by atoms with van der Waals surface area (Å²) < 4.78 is 17.1. The minimum atomic E-state index is -0.639. The zero-order valence-electron chi connectivity index (χ0n) is 10.8. The van der Waals surface area contributed by atoms with Crippen molar-refractivity contribution in [3.8, 4) is 0 Å². The van der Waals surface area contributed by atoms with Crippen LogP contribution in [0, 0.1) is 0 Å². The molecule has 1 N–H and O–H groups in total. The number of allylic oxidation sites excluding steroid dienone is 1. The molecule has 0 saturated carbocycles. The fraction of sp³-hybridized carbons (Fsp3) is 0.846. The number of unbranched alkanes of at least 4 members (excludes halogenated alkanes) is 1. The normalized spacial score (nSPS) is 35.8. The molecule has 0 amide bonds. The van der Waals surface area contributed by atoms with Crippen molar-refractivity contribution in [1.82, 2.24) is 0 Å². The monoisotopic (exact) mass is 242 g/mol. The van der Waals surface area contributed by atoms with Gasteiger partial charge in [-0.3, -0.25) is 0 Å². The zero-order valence-corrected chi connectivity index (χ0v) is 10.8. The molecule has 0 radical (unpaired) electrons. The topological polar surface area (TPSA) is 47.9 Å². The molecule has 1 saturated heterocycles. The van der Waals surface area contributed by atoms with E-state index in [1.807, 2.05) is 13.8 Å². The summed E-state index contributed by atoms with van der Waals surface area (Å²) in [5.74, 6) is 0.229. The van der Waals surface area contributed by atoms with E-state index in [0.29, 0.717) is 6.61 Å². The molecule has 17 heavy (non-hydrogen) atoms. The fourth-order valence-corrected chi connectivity index (χ4v) is 2.22. The van der Waals surface area contributed by atoms with E-state index in [4.69, 9.17) is 14.2 Å². The summed E-state index contributed by atoms with van der Waals surface area (Å²) in [7, 11) is 0. The zero-order chi connectivity index (χ0) is 12.5. The van der Waals surface area contributed by atoms with E-state index in [-0.39, 0.29) is 12.2 Å². The Morgan fingerprint density at radius 1 is 1.47 bits per heavy atom. The van der Waals surface area contributed by atoms with Gasteiger partial charge in [0.1, 0.15) is 12.2 Å². The van der Waals surface area contributed by atoms with Crippen LogP contribution in [0.4, 0.5) is 0 Å². The third-order valence-corrected chi connectivity index (χ3v) is 3.15. The smallest absolute Gasteiger partial charge is 0.163 e.